The fourth-order valence-corrected chi connectivity index (χ4v) is 2.20. The number of nitrogens with one attached hydrogen (secondary N) is 1. The summed E-state index contributed by atoms with van der Waals surface area (Å²) in [4.78, 5) is 11.7. The van der Waals surface area contributed by atoms with Crippen LogP contribution in [0.2, 0.25) is 0 Å². The summed E-state index contributed by atoms with van der Waals surface area (Å²) in [6, 6.07) is 0. The van der Waals surface area contributed by atoms with E-state index in [0.717, 1.165) is 25.7 Å². The molecule has 0 unspecified atom stereocenters. The van der Waals surface area contributed by atoms with E-state index in [4.69, 9.17) is 15.2 Å². The molecule has 0 aliphatic heterocycles. The molecule has 6 heteroatoms. The van der Waals surface area contributed by atoms with Crippen LogP contribution in [0, 0.1) is 0 Å². The standard InChI is InChI=1S/C12H24N2O3.ClH/c1-16-8-9-17-7-4-11(15)14-12(10-13)5-2-3-6-12;/h2-10,13H2,1H3,(H,14,15);1H. The summed E-state index contributed by atoms with van der Waals surface area (Å²) >= 11 is 0. The second-order valence-corrected chi connectivity index (χ2v) is 4.59. The van der Waals surface area contributed by atoms with Crippen molar-refractivity contribution in [1.82, 2.24) is 5.32 Å². The Morgan fingerprint density at radius 3 is 2.50 bits per heavy atom. The molecular weight excluding hydrogens is 256 g/mol. The predicted molar refractivity (Wildman–Crippen MR) is 73.0 cm³/mol. The number of hydrogen-bond donors (Lipinski definition) is 2. The van der Waals surface area contributed by atoms with E-state index < -0.39 is 0 Å². The van der Waals surface area contributed by atoms with Gasteiger partial charge >= 0.3 is 0 Å². The molecule has 0 spiro atoms. The molecule has 0 bridgehead atoms. The first-order valence-corrected chi connectivity index (χ1v) is 6.30. The van der Waals surface area contributed by atoms with Gasteiger partial charge in [0.1, 0.15) is 0 Å². The fourth-order valence-electron chi connectivity index (χ4n) is 2.20. The topological polar surface area (TPSA) is 73.6 Å². The average Bonchev–Trinajstić information content (AvgIpc) is 2.78. The molecular formula is C12H25ClN2O3. The van der Waals surface area contributed by atoms with Crippen molar-refractivity contribution >= 4 is 18.3 Å². The van der Waals surface area contributed by atoms with Crippen LogP contribution in [0.5, 0.6) is 0 Å². The van der Waals surface area contributed by atoms with Crippen molar-refractivity contribution in [2.75, 3.05) is 33.5 Å². The molecule has 0 saturated heterocycles. The quantitative estimate of drug-likeness (QED) is 0.647. The summed E-state index contributed by atoms with van der Waals surface area (Å²) in [5, 5.41) is 3.06. The summed E-state index contributed by atoms with van der Waals surface area (Å²) < 4.78 is 10.1. The van der Waals surface area contributed by atoms with E-state index in [1.165, 1.54) is 0 Å². The van der Waals surface area contributed by atoms with Crippen LogP contribution in [0.15, 0.2) is 0 Å². The zero-order chi connectivity index (χ0) is 12.6. The Kier molecular flexibility index (Phi) is 9.36. The minimum absolute atomic E-state index is 0. The van der Waals surface area contributed by atoms with E-state index in [2.05, 4.69) is 5.32 Å². The van der Waals surface area contributed by atoms with Gasteiger partial charge in [-0.3, -0.25) is 4.79 Å². The normalized spacial score (nSPS) is 17.2. The monoisotopic (exact) mass is 280 g/mol. The Bertz CT molecular complexity index is 233. The number of ether oxygens (including phenoxy) is 2. The lowest BCUT2D eigenvalue weighted by atomic mass is 9.98. The third-order valence-electron chi connectivity index (χ3n) is 3.26. The predicted octanol–water partition coefficient (Wildman–Crippen LogP) is 0.849. The molecule has 1 aliphatic rings. The van der Waals surface area contributed by atoms with Crippen LogP contribution in [-0.4, -0.2) is 44.9 Å². The second kappa shape index (κ2) is 9.55. The van der Waals surface area contributed by atoms with Gasteiger partial charge in [-0.15, -0.1) is 12.4 Å². The maximum Gasteiger partial charge on any atom is 0.222 e. The van der Waals surface area contributed by atoms with Crippen LogP contribution >= 0.6 is 12.4 Å². The highest BCUT2D eigenvalue weighted by Crippen LogP contribution is 2.28. The van der Waals surface area contributed by atoms with Crippen molar-refractivity contribution in [1.29, 1.82) is 0 Å². The van der Waals surface area contributed by atoms with Crippen LogP contribution in [0.25, 0.3) is 0 Å². The van der Waals surface area contributed by atoms with Gasteiger partial charge in [-0.2, -0.15) is 0 Å². The van der Waals surface area contributed by atoms with Gasteiger partial charge < -0.3 is 20.5 Å². The first-order valence-electron chi connectivity index (χ1n) is 6.30. The van der Waals surface area contributed by atoms with Gasteiger partial charge in [0.2, 0.25) is 5.91 Å². The molecule has 0 aromatic heterocycles. The van der Waals surface area contributed by atoms with Gasteiger partial charge in [0.25, 0.3) is 0 Å². The van der Waals surface area contributed by atoms with E-state index in [1.807, 2.05) is 0 Å². The van der Waals surface area contributed by atoms with Gasteiger partial charge in [-0.25, -0.2) is 0 Å². The maximum atomic E-state index is 11.7. The first kappa shape index (κ1) is 17.6. The molecule has 1 aliphatic carbocycles. The van der Waals surface area contributed by atoms with Gasteiger partial charge in [0, 0.05) is 20.1 Å². The lowest BCUT2D eigenvalue weighted by molar-refractivity contribution is -0.124. The van der Waals surface area contributed by atoms with E-state index in [9.17, 15) is 4.79 Å². The SMILES string of the molecule is COCCOCCC(=O)NC1(CN)CCCC1.Cl. The molecule has 1 amide bonds. The van der Waals surface area contributed by atoms with Crippen molar-refractivity contribution < 1.29 is 14.3 Å². The summed E-state index contributed by atoms with van der Waals surface area (Å²) in [5.74, 6) is 0.0368. The summed E-state index contributed by atoms with van der Waals surface area (Å²) in [7, 11) is 1.63. The van der Waals surface area contributed by atoms with Crippen molar-refractivity contribution in [2.24, 2.45) is 5.73 Å². The maximum absolute atomic E-state index is 11.7. The van der Waals surface area contributed by atoms with Gasteiger partial charge in [-0.05, 0) is 12.8 Å². The summed E-state index contributed by atoms with van der Waals surface area (Å²) in [6.45, 7) is 2.07. The molecule has 1 saturated carbocycles. The molecule has 0 radical (unpaired) electrons. The molecule has 0 heterocycles. The summed E-state index contributed by atoms with van der Waals surface area (Å²) in [5.41, 5.74) is 5.60. The lowest BCUT2D eigenvalue weighted by Crippen LogP contribution is -2.51. The third kappa shape index (κ3) is 6.00. The average molecular weight is 281 g/mol. The van der Waals surface area contributed by atoms with E-state index >= 15 is 0 Å². The van der Waals surface area contributed by atoms with Crippen LogP contribution < -0.4 is 11.1 Å². The lowest BCUT2D eigenvalue weighted by Gasteiger charge is -2.28. The first-order chi connectivity index (χ1) is 8.22. The molecule has 0 aromatic carbocycles. The molecule has 3 N–H and O–H groups in total. The zero-order valence-corrected chi connectivity index (χ0v) is 11.9. The third-order valence-corrected chi connectivity index (χ3v) is 3.26. The van der Waals surface area contributed by atoms with Gasteiger partial charge in [0.05, 0.1) is 25.4 Å². The Morgan fingerprint density at radius 2 is 1.94 bits per heavy atom. The van der Waals surface area contributed by atoms with Crippen molar-refractivity contribution in [3.05, 3.63) is 0 Å². The number of nitrogens with two attached hydrogens (primary N) is 1. The molecule has 0 atom stereocenters. The Labute approximate surface area is 115 Å². The number of carbonyl (C=O) groups is 1. The number of carbonyl (C=O) groups excluding carboxylic acids is 1. The van der Waals surface area contributed by atoms with Crippen LogP contribution in [0.3, 0.4) is 0 Å². The zero-order valence-electron chi connectivity index (χ0n) is 11.1. The Balaban J connectivity index is 0.00000289. The minimum atomic E-state index is -0.149. The number of methoxy groups -OCH3 is 1. The van der Waals surface area contributed by atoms with Crippen LogP contribution in [0.1, 0.15) is 32.1 Å². The fraction of sp³-hybridized carbons (Fsp3) is 0.917. The van der Waals surface area contributed by atoms with Gasteiger partial charge in [-0.1, -0.05) is 12.8 Å². The van der Waals surface area contributed by atoms with Gasteiger partial charge in [0.15, 0.2) is 0 Å². The molecule has 108 valence electrons. The Hall–Kier alpha value is -0.360. The summed E-state index contributed by atoms with van der Waals surface area (Å²) in [6.07, 6.45) is 4.70. The van der Waals surface area contributed by atoms with Crippen molar-refractivity contribution in [2.45, 2.75) is 37.6 Å². The molecule has 1 rings (SSSR count). The molecule has 18 heavy (non-hydrogen) atoms. The van der Waals surface area contributed by atoms with Crippen molar-refractivity contribution in [3.8, 4) is 0 Å². The Morgan fingerprint density at radius 1 is 1.28 bits per heavy atom. The number of hydrogen-bond acceptors (Lipinski definition) is 4. The van der Waals surface area contributed by atoms with Crippen LogP contribution in [-0.2, 0) is 14.3 Å². The molecule has 0 aromatic rings. The number of rotatable bonds is 8. The highest BCUT2D eigenvalue weighted by molar-refractivity contribution is 5.85. The largest absolute Gasteiger partial charge is 0.382 e. The second-order valence-electron chi connectivity index (χ2n) is 4.59. The van der Waals surface area contributed by atoms with Crippen molar-refractivity contribution in [3.63, 3.8) is 0 Å². The number of halogens is 1. The van der Waals surface area contributed by atoms with Crippen LogP contribution in [0.4, 0.5) is 0 Å². The van der Waals surface area contributed by atoms with E-state index in [-0.39, 0.29) is 23.9 Å². The highest BCUT2D eigenvalue weighted by Gasteiger charge is 2.33. The minimum Gasteiger partial charge on any atom is -0.382 e. The molecule has 5 nitrogen and oxygen atoms in total. The van der Waals surface area contributed by atoms with E-state index in [1.54, 1.807) is 7.11 Å². The molecule has 1 fully saturated rings. The van der Waals surface area contributed by atoms with E-state index in [0.29, 0.717) is 32.8 Å². The smallest absolute Gasteiger partial charge is 0.222 e. The highest BCUT2D eigenvalue weighted by atomic mass is 35.5. The number of amides is 1.